The Bertz CT molecular complexity index is 319. The highest BCUT2D eigenvalue weighted by molar-refractivity contribution is 9.10. The van der Waals surface area contributed by atoms with Gasteiger partial charge in [0.25, 0.3) is 0 Å². The molecule has 2 nitrogen and oxygen atoms in total. The third-order valence-electron chi connectivity index (χ3n) is 1.67. The van der Waals surface area contributed by atoms with E-state index in [-0.39, 0.29) is 7.43 Å². The lowest BCUT2D eigenvalue weighted by atomic mass is 10.2. The molecule has 3 heteroatoms. The van der Waals surface area contributed by atoms with Crippen molar-refractivity contribution in [1.29, 1.82) is 0 Å². The van der Waals surface area contributed by atoms with Crippen LogP contribution in [0.5, 0.6) is 0 Å². The van der Waals surface area contributed by atoms with Gasteiger partial charge in [0.2, 0.25) is 0 Å². The van der Waals surface area contributed by atoms with E-state index in [9.17, 15) is 0 Å². The van der Waals surface area contributed by atoms with E-state index >= 15 is 0 Å². The standard InChI is InChI=1S/C9H11BrN2.CH4/c1-4-11-8-6(2)5-12-9(10)7(8)3;/h4-5H,1-3H3;1H4. The van der Waals surface area contributed by atoms with Crippen molar-refractivity contribution >= 4 is 27.8 Å². The van der Waals surface area contributed by atoms with Crippen LogP contribution < -0.4 is 0 Å². The molecule has 1 rings (SSSR count). The summed E-state index contributed by atoms with van der Waals surface area (Å²) in [4.78, 5) is 8.44. The largest absolute Gasteiger partial charge is 0.261 e. The number of nitrogens with zero attached hydrogens (tertiary/aromatic N) is 2. The molecular weight excluding hydrogens is 228 g/mol. The molecule has 1 heterocycles. The van der Waals surface area contributed by atoms with Gasteiger partial charge in [-0.05, 0) is 42.3 Å². The first-order valence-corrected chi connectivity index (χ1v) is 4.56. The molecule has 1 aromatic rings. The molecule has 72 valence electrons. The predicted octanol–water partition coefficient (Wildman–Crippen LogP) is 3.82. The summed E-state index contributed by atoms with van der Waals surface area (Å²) in [5, 5.41) is 0. The van der Waals surface area contributed by atoms with E-state index < -0.39 is 0 Å². The van der Waals surface area contributed by atoms with Crippen molar-refractivity contribution in [2.24, 2.45) is 4.99 Å². The molecule has 0 aliphatic carbocycles. The molecule has 0 aliphatic rings. The van der Waals surface area contributed by atoms with Gasteiger partial charge in [-0.1, -0.05) is 7.43 Å². The van der Waals surface area contributed by atoms with Gasteiger partial charge in [-0.15, -0.1) is 0 Å². The van der Waals surface area contributed by atoms with E-state index in [4.69, 9.17) is 0 Å². The minimum atomic E-state index is 0. The maximum absolute atomic E-state index is 4.27. The van der Waals surface area contributed by atoms with E-state index in [0.29, 0.717) is 0 Å². The van der Waals surface area contributed by atoms with Gasteiger partial charge in [-0.3, -0.25) is 4.99 Å². The zero-order chi connectivity index (χ0) is 9.14. The Balaban J connectivity index is 0.00000144. The third kappa shape index (κ3) is 2.62. The van der Waals surface area contributed by atoms with Gasteiger partial charge in [0.1, 0.15) is 4.60 Å². The fourth-order valence-corrected chi connectivity index (χ4v) is 1.32. The van der Waals surface area contributed by atoms with Crippen molar-refractivity contribution < 1.29 is 0 Å². The minimum absolute atomic E-state index is 0. The first-order valence-electron chi connectivity index (χ1n) is 3.77. The molecule has 0 bridgehead atoms. The van der Waals surface area contributed by atoms with Crippen molar-refractivity contribution in [3.63, 3.8) is 0 Å². The number of aliphatic imine (C=N–C) groups is 1. The van der Waals surface area contributed by atoms with Gasteiger partial charge < -0.3 is 0 Å². The Kier molecular flexibility index (Phi) is 4.85. The fraction of sp³-hybridized carbons (Fsp3) is 0.400. The Labute approximate surface area is 88.2 Å². The highest BCUT2D eigenvalue weighted by Gasteiger charge is 2.04. The summed E-state index contributed by atoms with van der Waals surface area (Å²) in [6.07, 6.45) is 3.61. The van der Waals surface area contributed by atoms with Crippen LogP contribution in [0.25, 0.3) is 0 Å². The Morgan fingerprint density at radius 3 is 2.62 bits per heavy atom. The van der Waals surface area contributed by atoms with E-state index in [1.54, 1.807) is 6.21 Å². The van der Waals surface area contributed by atoms with Gasteiger partial charge in [0.05, 0.1) is 5.69 Å². The van der Waals surface area contributed by atoms with Crippen molar-refractivity contribution in [3.05, 3.63) is 21.9 Å². The topological polar surface area (TPSA) is 25.2 Å². The molecule has 0 fully saturated rings. The van der Waals surface area contributed by atoms with Gasteiger partial charge in [-0.25, -0.2) is 4.98 Å². The first-order chi connectivity index (χ1) is 5.66. The minimum Gasteiger partial charge on any atom is -0.261 e. The normalized spacial score (nSPS) is 10.2. The van der Waals surface area contributed by atoms with Crippen molar-refractivity contribution in [3.8, 4) is 0 Å². The average Bonchev–Trinajstić information content (AvgIpc) is 2.06. The Hall–Kier alpha value is -0.700. The van der Waals surface area contributed by atoms with Crippen molar-refractivity contribution in [2.75, 3.05) is 0 Å². The lowest BCUT2D eigenvalue weighted by molar-refractivity contribution is 1.17. The van der Waals surface area contributed by atoms with Gasteiger partial charge in [-0.2, -0.15) is 0 Å². The zero-order valence-corrected chi connectivity index (χ0v) is 9.01. The molecule has 0 saturated heterocycles. The molecule has 0 amide bonds. The Morgan fingerprint density at radius 2 is 2.08 bits per heavy atom. The second-order valence-electron chi connectivity index (χ2n) is 2.59. The number of halogens is 1. The van der Waals surface area contributed by atoms with Crippen LogP contribution in [0.1, 0.15) is 25.5 Å². The van der Waals surface area contributed by atoms with Crippen LogP contribution in [0, 0.1) is 13.8 Å². The summed E-state index contributed by atoms with van der Waals surface area (Å²) in [7, 11) is 0. The van der Waals surface area contributed by atoms with Crippen LogP contribution in [0.15, 0.2) is 15.8 Å². The Morgan fingerprint density at radius 1 is 1.46 bits per heavy atom. The van der Waals surface area contributed by atoms with E-state index in [1.807, 2.05) is 27.0 Å². The molecule has 0 unspecified atom stereocenters. The highest BCUT2D eigenvalue weighted by atomic mass is 79.9. The maximum atomic E-state index is 4.27. The monoisotopic (exact) mass is 242 g/mol. The van der Waals surface area contributed by atoms with Crippen LogP contribution in [0.2, 0.25) is 0 Å². The van der Waals surface area contributed by atoms with Gasteiger partial charge in [0.15, 0.2) is 0 Å². The van der Waals surface area contributed by atoms with Crippen LogP contribution in [0.3, 0.4) is 0 Å². The second kappa shape index (κ2) is 5.12. The summed E-state index contributed by atoms with van der Waals surface area (Å²) < 4.78 is 0.869. The van der Waals surface area contributed by atoms with Crippen LogP contribution in [-0.2, 0) is 0 Å². The van der Waals surface area contributed by atoms with Crippen molar-refractivity contribution in [1.82, 2.24) is 4.98 Å². The first kappa shape index (κ1) is 12.3. The lowest BCUT2D eigenvalue weighted by Gasteiger charge is -2.04. The van der Waals surface area contributed by atoms with E-state index in [1.165, 1.54) is 0 Å². The van der Waals surface area contributed by atoms with Crippen LogP contribution >= 0.6 is 15.9 Å². The molecule has 0 atom stereocenters. The summed E-state index contributed by atoms with van der Waals surface area (Å²) in [5.74, 6) is 0. The predicted molar refractivity (Wildman–Crippen MR) is 62.0 cm³/mol. The quantitative estimate of drug-likeness (QED) is 0.543. The SMILES string of the molecule is C.CC=Nc1c(C)cnc(Br)c1C. The van der Waals surface area contributed by atoms with E-state index in [2.05, 4.69) is 25.9 Å². The van der Waals surface area contributed by atoms with Crippen LogP contribution in [-0.4, -0.2) is 11.2 Å². The molecule has 0 aliphatic heterocycles. The third-order valence-corrected chi connectivity index (χ3v) is 2.47. The number of hydrogen-bond donors (Lipinski definition) is 0. The van der Waals surface area contributed by atoms with Gasteiger partial charge >= 0.3 is 0 Å². The second-order valence-corrected chi connectivity index (χ2v) is 3.34. The molecule has 0 radical (unpaired) electrons. The number of aryl methyl sites for hydroxylation is 1. The summed E-state index contributed by atoms with van der Waals surface area (Å²) in [6.45, 7) is 5.93. The molecule has 1 aromatic heterocycles. The molecule has 0 spiro atoms. The fourth-order valence-electron chi connectivity index (χ4n) is 1.03. The number of aromatic nitrogens is 1. The highest BCUT2D eigenvalue weighted by Crippen LogP contribution is 2.27. The number of rotatable bonds is 1. The van der Waals surface area contributed by atoms with E-state index in [0.717, 1.165) is 21.4 Å². The van der Waals surface area contributed by atoms with Crippen LogP contribution in [0.4, 0.5) is 5.69 Å². The average molecular weight is 243 g/mol. The summed E-state index contributed by atoms with van der Waals surface area (Å²) >= 11 is 3.37. The molecule has 0 aromatic carbocycles. The van der Waals surface area contributed by atoms with Crippen molar-refractivity contribution in [2.45, 2.75) is 28.2 Å². The lowest BCUT2D eigenvalue weighted by Crippen LogP contribution is -1.86. The summed E-state index contributed by atoms with van der Waals surface area (Å²) in [5.41, 5.74) is 3.21. The summed E-state index contributed by atoms with van der Waals surface area (Å²) in [6, 6.07) is 0. The number of hydrogen-bond acceptors (Lipinski definition) is 2. The smallest absolute Gasteiger partial charge is 0.111 e. The molecule has 0 N–H and O–H groups in total. The molecule has 13 heavy (non-hydrogen) atoms. The van der Waals surface area contributed by atoms with Gasteiger partial charge in [0, 0.05) is 18.0 Å². The molecule has 0 saturated carbocycles. The maximum Gasteiger partial charge on any atom is 0.111 e. The zero-order valence-electron chi connectivity index (χ0n) is 7.43. The number of pyridine rings is 1. The molecular formula is C10H15BrN2.